The van der Waals surface area contributed by atoms with Gasteiger partial charge >= 0.3 is 12.3 Å². The number of aliphatic imine (C=N–C) groups is 1. The van der Waals surface area contributed by atoms with E-state index in [2.05, 4.69) is 9.73 Å². The monoisotopic (exact) mass is 370 g/mol. The Hall–Kier alpha value is -2.51. The average molecular weight is 370 g/mol. The summed E-state index contributed by atoms with van der Waals surface area (Å²) in [6, 6.07) is 4.16. The third-order valence-corrected chi connectivity index (χ3v) is 4.13. The van der Waals surface area contributed by atoms with Crippen LogP contribution < -0.4 is 9.64 Å². The maximum Gasteiger partial charge on any atom is 0.573 e. The molecule has 0 bridgehead atoms. The molecular weight excluding hydrogens is 349 g/mol. The van der Waals surface area contributed by atoms with Gasteiger partial charge in [0.25, 0.3) is 0 Å². The molecule has 1 aromatic carbocycles. The number of aliphatic carboxylic acids is 1. The van der Waals surface area contributed by atoms with Gasteiger partial charge in [-0.15, -0.1) is 13.2 Å². The lowest BCUT2D eigenvalue weighted by atomic mass is 10.1. The number of nitrogens with zero attached hydrogens (tertiary/aromatic N) is 2. The van der Waals surface area contributed by atoms with Gasteiger partial charge in [0.2, 0.25) is 0 Å². The number of anilines is 1. The summed E-state index contributed by atoms with van der Waals surface area (Å²) < 4.78 is 41.0. The van der Waals surface area contributed by atoms with Gasteiger partial charge in [0, 0.05) is 24.4 Å². The van der Waals surface area contributed by atoms with Crippen molar-refractivity contribution in [3.8, 4) is 5.75 Å². The van der Waals surface area contributed by atoms with Crippen molar-refractivity contribution in [2.45, 2.75) is 46.4 Å². The van der Waals surface area contributed by atoms with Crippen molar-refractivity contribution in [2.24, 2.45) is 4.99 Å². The molecule has 26 heavy (non-hydrogen) atoms. The van der Waals surface area contributed by atoms with Crippen LogP contribution in [0.15, 0.2) is 34.5 Å². The Kier molecular flexibility index (Phi) is 5.94. The molecule has 2 rings (SSSR count). The standard InChI is InChI=1S/C18H21F3N2O3/c1-4-14(17(24)25)12(3)22-16-6-5-9-23(16)15-8-7-13(10-11(15)2)26-18(19,20)21/h7-8,10H,4-6,9H2,1-3H3,(H,24,25)/b14-12-,22-16+. The summed E-state index contributed by atoms with van der Waals surface area (Å²) in [5, 5.41) is 9.22. The van der Waals surface area contributed by atoms with Crippen LogP contribution in [0.4, 0.5) is 18.9 Å². The van der Waals surface area contributed by atoms with Gasteiger partial charge in [0.05, 0.1) is 5.57 Å². The predicted molar refractivity (Wildman–Crippen MR) is 92.5 cm³/mol. The van der Waals surface area contributed by atoms with E-state index in [9.17, 15) is 23.1 Å². The third-order valence-electron chi connectivity index (χ3n) is 4.13. The first kappa shape index (κ1) is 19.8. The highest BCUT2D eigenvalue weighted by Crippen LogP contribution is 2.31. The largest absolute Gasteiger partial charge is 0.573 e. The van der Waals surface area contributed by atoms with Gasteiger partial charge in [0.15, 0.2) is 0 Å². The molecule has 1 N–H and O–H groups in total. The molecule has 0 saturated carbocycles. The van der Waals surface area contributed by atoms with Crippen LogP contribution in [0.3, 0.4) is 0 Å². The summed E-state index contributed by atoms with van der Waals surface area (Å²) in [4.78, 5) is 17.6. The highest BCUT2D eigenvalue weighted by Gasteiger charge is 2.31. The molecule has 0 aromatic heterocycles. The maximum atomic E-state index is 12.3. The number of allylic oxidation sites excluding steroid dienone is 1. The number of benzene rings is 1. The quantitative estimate of drug-likeness (QED) is 0.766. The Morgan fingerprint density at radius 1 is 1.38 bits per heavy atom. The van der Waals surface area contributed by atoms with E-state index in [4.69, 9.17) is 0 Å². The normalized spacial score (nSPS) is 17.5. The van der Waals surface area contributed by atoms with Gasteiger partial charge in [-0.25, -0.2) is 9.79 Å². The molecule has 0 unspecified atom stereocenters. The molecule has 1 aromatic rings. The first-order chi connectivity index (χ1) is 12.1. The zero-order valence-electron chi connectivity index (χ0n) is 14.9. The fourth-order valence-corrected chi connectivity index (χ4v) is 2.99. The molecule has 1 aliphatic heterocycles. The van der Waals surface area contributed by atoms with Crippen molar-refractivity contribution in [3.05, 3.63) is 35.0 Å². The van der Waals surface area contributed by atoms with E-state index >= 15 is 0 Å². The van der Waals surface area contributed by atoms with Gasteiger partial charge in [0.1, 0.15) is 11.6 Å². The minimum atomic E-state index is -4.73. The molecule has 8 heteroatoms. The van der Waals surface area contributed by atoms with Crippen LogP contribution >= 0.6 is 0 Å². The summed E-state index contributed by atoms with van der Waals surface area (Å²) in [6.07, 6.45) is -2.86. The summed E-state index contributed by atoms with van der Waals surface area (Å²) in [6.45, 7) is 5.78. The molecule has 5 nitrogen and oxygen atoms in total. The second kappa shape index (κ2) is 7.80. The summed E-state index contributed by atoms with van der Waals surface area (Å²) in [5.41, 5.74) is 2.04. The number of rotatable bonds is 5. The van der Waals surface area contributed by atoms with Gasteiger partial charge in [-0.3, -0.25) is 0 Å². The molecule has 0 spiro atoms. The topological polar surface area (TPSA) is 62.1 Å². The molecule has 1 fully saturated rings. The number of amidine groups is 1. The molecule has 0 amide bonds. The maximum absolute atomic E-state index is 12.3. The Morgan fingerprint density at radius 3 is 2.62 bits per heavy atom. The Morgan fingerprint density at radius 2 is 2.08 bits per heavy atom. The Bertz CT molecular complexity index is 755. The fourth-order valence-electron chi connectivity index (χ4n) is 2.99. The van der Waals surface area contributed by atoms with E-state index in [1.165, 1.54) is 12.1 Å². The predicted octanol–water partition coefficient (Wildman–Crippen LogP) is 4.66. The van der Waals surface area contributed by atoms with Crippen LogP contribution in [-0.4, -0.2) is 29.8 Å². The van der Waals surface area contributed by atoms with Crippen LogP contribution in [0, 0.1) is 6.92 Å². The van der Waals surface area contributed by atoms with Crippen molar-refractivity contribution in [2.75, 3.05) is 11.4 Å². The van der Waals surface area contributed by atoms with Crippen LogP contribution in [0.2, 0.25) is 0 Å². The first-order valence-corrected chi connectivity index (χ1v) is 8.27. The van der Waals surface area contributed by atoms with Crippen molar-refractivity contribution in [3.63, 3.8) is 0 Å². The second-order valence-electron chi connectivity index (χ2n) is 6.00. The number of carbonyl (C=O) groups is 1. The lowest BCUT2D eigenvalue weighted by molar-refractivity contribution is -0.274. The average Bonchev–Trinajstić information content (AvgIpc) is 2.93. The van der Waals surface area contributed by atoms with Crippen molar-refractivity contribution < 1.29 is 27.8 Å². The SMILES string of the molecule is CC/C(C(=O)O)=C(C)/N=C1\CCCN1c1ccc(OC(F)(F)F)cc1C. The van der Waals surface area contributed by atoms with E-state index in [1.54, 1.807) is 26.8 Å². The van der Waals surface area contributed by atoms with Crippen LogP contribution in [0.1, 0.15) is 38.7 Å². The van der Waals surface area contributed by atoms with Gasteiger partial charge < -0.3 is 14.7 Å². The highest BCUT2D eigenvalue weighted by atomic mass is 19.4. The molecule has 142 valence electrons. The smallest absolute Gasteiger partial charge is 0.478 e. The summed E-state index contributed by atoms with van der Waals surface area (Å²) in [7, 11) is 0. The summed E-state index contributed by atoms with van der Waals surface area (Å²) >= 11 is 0. The van der Waals surface area contributed by atoms with Crippen molar-refractivity contribution in [1.82, 2.24) is 0 Å². The lowest BCUT2D eigenvalue weighted by Crippen LogP contribution is -2.25. The first-order valence-electron chi connectivity index (χ1n) is 8.27. The number of aryl methyl sites for hydroxylation is 1. The molecule has 1 heterocycles. The lowest BCUT2D eigenvalue weighted by Gasteiger charge is -2.22. The fraction of sp³-hybridized carbons (Fsp3) is 0.444. The Labute approximate surface area is 149 Å². The van der Waals surface area contributed by atoms with Gasteiger partial charge in [-0.1, -0.05) is 6.92 Å². The third kappa shape index (κ3) is 4.77. The minimum Gasteiger partial charge on any atom is -0.478 e. The van der Waals surface area contributed by atoms with Crippen molar-refractivity contribution >= 4 is 17.5 Å². The highest BCUT2D eigenvalue weighted by molar-refractivity contribution is 6.01. The minimum absolute atomic E-state index is 0.245. The van der Waals surface area contributed by atoms with Crippen LogP contribution in [-0.2, 0) is 4.79 Å². The number of carboxylic acids is 1. The van der Waals surface area contributed by atoms with Gasteiger partial charge in [-0.05, 0) is 50.5 Å². The Balaban J connectivity index is 2.33. The number of carboxylic acid groups (broad SMARTS) is 1. The van der Waals surface area contributed by atoms with Crippen LogP contribution in [0.25, 0.3) is 0 Å². The molecule has 0 radical (unpaired) electrons. The zero-order chi connectivity index (χ0) is 19.5. The van der Waals surface area contributed by atoms with E-state index in [0.29, 0.717) is 36.5 Å². The number of halogens is 3. The molecule has 0 atom stereocenters. The number of alkyl halides is 3. The van der Waals surface area contributed by atoms with E-state index < -0.39 is 12.3 Å². The van der Waals surface area contributed by atoms with Crippen molar-refractivity contribution in [1.29, 1.82) is 0 Å². The van der Waals surface area contributed by atoms with Gasteiger partial charge in [-0.2, -0.15) is 0 Å². The molecular formula is C18H21F3N2O3. The second-order valence-corrected chi connectivity index (χ2v) is 6.00. The van der Waals surface area contributed by atoms with Crippen LogP contribution in [0.5, 0.6) is 5.75 Å². The van der Waals surface area contributed by atoms with E-state index in [-0.39, 0.29) is 11.3 Å². The number of hydrogen-bond acceptors (Lipinski definition) is 3. The molecule has 1 saturated heterocycles. The molecule has 0 aliphatic carbocycles. The number of ether oxygens (including phenoxy) is 1. The van der Waals surface area contributed by atoms with E-state index in [1.807, 2.05) is 4.90 Å². The number of hydrogen-bond donors (Lipinski definition) is 1. The molecule has 1 aliphatic rings. The summed E-state index contributed by atoms with van der Waals surface area (Å²) in [5.74, 6) is -0.558. The zero-order valence-corrected chi connectivity index (χ0v) is 14.9. The van der Waals surface area contributed by atoms with E-state index in [0.717, 1.165) is 12.1 Å².